The van der Waals surface area contributed by atoms with Gasteiger partial charge < -0.3 is 10.1 Å². The van der Waals surface area contributed by atoms with E-state index in [1.807, 2.05) is 0 Å². The summed E-state index contributed by atoms with van der Waals surface area (Å²) in [6.07, 6.45) is 0.231. The average Bonchev–Trinajstić information content (AvgIpc) is 2.76. The minimum atomic E-state index is -3.99. The van der Waals surface area contributed by atoms with E-state index in [1.54, 1.807) is 0 Å². The first-order chi connectivity index (χ1) is 10.6. The standard InChI is InChI=1S/C13H18N2O6S2/c1-9(16)14-10-3-4-12(21-2)13(7-10)23(19,20)15-11-5-6-22(17,18)8-11/h3-4,7,11,15H,5-6,8H2,1-2H3,(H,14,16)/t11-/m1/s1. The number of anilines is 1. The van der Waals surface area contributed by atoms with Crippen LogP contribution in [0.1, 0.15) is 13.3 Å². The van der Waals surface area contributed by atoms with E-state index in [-0.39, 0.29) is 34.5 Å². The fourth-order valence-corrected chi connectivity index (χ4v) is 5.58. The first-order valence-corrected chi connectivity index (χ1v) is 10.1. The lowest BCUT2D eigenvalue weighted by Gasteiger charge is -2.15. The van der Waals surface area contributed by atoms with Gasteiger partial charge in [0.25, 0.3) is 0 Å². The Hall–Kier alpha value is -1.65. The monoisotopic (exact) mass is 362 g/mol. The van der Waals surface area contributed by atoms with Crippen LogP contribution in [0.5, 0.6) is 5.75 Å². The molecule has 8 nitrogen and oxygen atoms in total. The third kappa shape index (κ3) is 4.43. The van der Waals surface area contributed by atoms with Gasteiger partial charge in [-0.25, -0.2) is 21.6 Å². The zero-order chi connectivity index (χ0) is 17.3. The molecule has 0 spiro atoms. The molecule has 1 fully saturated rings. The fourth-order valence-electron chi connectivity index (χ4n) is 2.34. The zero-order valence-electron chi connectivity index (χ0n) is 12.7. The average molecular weight is 362 g/mol. The molecule has 0 saturated carbocycles. The van der Waals surface area contributed by atoms with Crippen LogP contribution in [-0.4, -0.2) is 47.4 Å². The molecule has 10 heteroatoms. The molecule has 0 aromatic heterocycles. The van der Waals surface area contributed by atoms with Crippen molar-refractivity contribution in [2.75, 3.05) is 23.9 Å². The highest BCUT2D eigenvalue weighted by Crippen LogP contribution is 2.28. The SMILES string of the molecule is COc1ccc(NC(C)=O)cc1S(=O)(=O)N[C@@H]1CCS(=O)(=O)C1. The quantitative estimate of drug-likeness (QED) is 0.768. The van der Waals surface area contributed by atoms with E-state index in [2.05, 4.69) is 10.0 Å². The van der Waals surface area contributed by atoms with Gasteiger partial charge in [-0.2, -0.15) is 0 Å². The second-order valence-corrected chi connectivity index (χ2v) is 9.18. The van der Waals surface area contributed by atoms with Crippen molar-refractivity contribution in [1.29, 1.82) is 0 Å². The molecule has 23 heavy (non-hydrogen) atoms. The van der Waals surface area contributed by atoms with Gasteiger partial charge in [-0.15, -0.1) is 0 Å². The number of carbonyl (C=O) groups excluding carboxylic acids is 1. The molecule has 1 saturated heterocycles. The van der Waals surface area contributed by atoms with Gasteiger partial charge in [0.05, 0.1) is 18.6 Å². The maximum atomic E-state index is 12.5. The molecule has 1 amide bonds. The summed E-state index contributed by atoms with van der Waals surface area (Å²) in [5, 5.41) is 2.49. The molecule has 1 atom stereocenters. The van der Waals surface area contributed by atoms with Gasteiger partial charge in [0.1, 0.15) is 10.6 Å². The third-order valence-electron chi connectivity index (χ3n) is 3.33. The van der Waals surface area contributed by atoms with Gasteiger partial charge in [0.15, 0.2) is 9.84 Å². The summed E-state index contributed by atoms with van der Waals surface area (Å²) in [7, 11) is -5.86. The number of sulfonamides is 1. The Morgan fingerprint density at radius 1 is 1.35 bits per heavy atom. The van der Waals surface area contributed by atoms with Crippen LogP contribution >= 0.6 is 0 Å². The molecule has 1 aliphatic heterocycles. The normalized spacial score (nSPS) is 20.2. The number of ether oxygens (including phenoxy) is 1. The number of benzene rings is 1. The van der Waals surface area contributed by atoms with Gasteiger partial charge in [-0.05, 0) is 24.6 Å². The van der Waals surface area contributed by atoms with Crippen LogP contribution in [0, 0.1) is 0 Å². The fraction of sp³-hybridized carbons (Fsp3) is 0.462. The molecule has 1 aromatic rings. The van der Waals surface area contributed by atoms with Crippen LogP contribution in [0.15, 0.2) is 23.1 Å². The summed E-state index contributed by atoms with van der Waals surface area (Å²) in [4.78, 5) is 10.9. The Bertz CT molecular complexity index is 817. The van der Waals surface area contributed by atoms with Gasteiger partial charge in [-0.3, -0.25) is 4.79 Å². The summed E-state index contributed by atoms with van der Waals surface area (Å²) in [5.74, 6) is -0.496. The Morgan fingerprint density at radius 3 is 2.57 bits per heavy atom. The summed E-state index contributed by atoms with van der Waals surface area (Å²) in [6.45, 7) is 1.31. The van der Waals surface area contributed by atoms with Gasteiger partial charge in [-0.1, -0.05) is 0 Å². The minimum Gasteiger partial charge on any atom is -0.495 e. The van der Waals surface area contributed by atoms with E-state index in [0.29, 0.717) is 5.69 Å². The first-order valence-electron chi connectivity index (χ1n) is 6.81. The molecule has 1 aromatic carbocycles. The highest BCUT2D eigenvalue weighted by molar-refractivity contribution is 7.92. The lowest BCUT2D eigenvalue weighted by atomic mass is 10.3. The number of hydrogen-bond donors (Lipinski definition) is 2. The lowest BCUT2D eigenvalue weighted by molar-refractivity contribution is -0.114. The molecule has 0 unspecified atom stereocenters. The van der Waals surface area contributed by atoms with Crippen LogP contribution < -0.4 is 14.8 Å². The number of hydrogen-bond acceptors (Lipinski definition) is 6. The predicted molar refractivity (Wildman–Crippen MR) is 84.7 cm³/mol. The van der Waals surface area contributed by atoms with Crippen molar-refractivity contribution in [3.8, 4) is 5.75 Å². The molecule has 2 N–H and O–H groups in total. The van der Waals surface area contributed by atoms with Crippen molar-refractivity contribution in [3.63, 3.8) is 0 Å². The highest BCUT2D eigenvalue weighted by Gasteiger charge is 2.32. The number of amides is 1. The molecular formula is C13H18N2O6S2. The number of sulfone groups is 1. The van der Waals surface area contributed by atoms with E-state index in [0.717, 1.165) is 0 Å². The predicted octanol–water partition coefficient (Wildman–Crippen LogP) is 0.119. The van der Waals surface area contributed by atoms with Crippen LogP contribution in [0.3, 0.4) is 0 Å². The summed E-state index contributed by atoms with van der Waals surface area (Å²) in [5.41, 5.74) is 0.303. The summed E-state index contributed by atoms with van der Waals surface area (Å²) < 4.78 is 55.4. The zero-order valence-corrected chi connectivity index (χ0v) is 14.3. The smallest absolute Gasteiger partial charge is 0.244 e. The van der Waals surface area contributed by atoms with E-state index in [1.165, 1.54) is 32.2 Å². The van der Waals surface area contributed by atoms with Crippen molar-refractivity contribution in [1.82, 2.24) is 4.72 Å². The van der Waals surface area contributed by atoms with Crippen molar-refractivity contribution in [3.05, 3.63) is 18.2 Å². The van der Waals surface area contributed by atoms with E-state index in [9.17, 15) is 21.6 Å². The van der Waals surface area contributed by atoms with E-state index < -0.39 is 25.9 Å². The van der Waals surface area contributed by atoms with Gasteiger partial charge in [0.2, 0.25) is 15.9 Å². The molecule has 1 heterocycles. The van der Waals surface area contributed by atoms with E-state index >= 15 is 0 Å². The third-order valence-corrected chi connectivity index (χ3v) is 6.64. The van der Waals surface area contributed by atoms with Crippen molar-refractivity contribution >= 4 is 31.5 Å². The highest BCUT2D eigenvalue weighted by atomic mass is 32.2. The summed E-state index contributed by atoms with van der Waals surface area (Å²) >= 11 is 0. The molecule has 0 aliphatic carbocycles. The Morgan fingerprint density at radius 2 is 2.04 bits per heavy atom. The molecular weight excluding hydrogens is 344 g/mol. The molecule has 1 aliphatic rings. The first kappa shape index (κ1) is 17.7. The second kappa shape index (κ2) is 6.46. The molecule has 0 radical (unpaired) electrons. The topological polar surface area (TPSA) is 119 Å². The minimum absolute atomic E-state index is 0.0384. The van der Waals surface area contributed by atoms with Gasteiger partial charge in [0, 0.05) is 18.7 Å². The molecule has 128 valence electrons. The number of rotatable bonds is 5. The van der Waals surface area contributed by atoms with Crippen molar-refractivity contribution in [2.45, 2.75) is 24.3 Å². The number of methoxy groups -OCH3 is 1. The Labute approximate surface area is 135 Å². The summed E-state index contributed by atoms with van der Waals surface area (Å²) in [6, 6.07) is 3.54. The van der Waals surface area contributed by atoms with Crippen LogP contribution in [0.25, 0.3) is 0 Å². The Balaban J connectivity index is 2.32. The van der Waals surface area contributed by atoms with Crippen molar-refractivity contribution in [2.24, 2.45) is 0 Å². The van der Waals surface area contributed by atoms with Crippen LogP contribution in [0.4, 0.5) is 5.69 Å². The Kier molecular flexibility index (Phi) is 4.97. The number of nitrogens with one attached hydrogen (secondary N) is 2. The molecule has 0 bridgehead atoms. The van der Waals surface area contributed by atoms with E-state index in [4.69, 9.17) is 4.74 Å². The lowest BCUT2D eigenvalue weighted by Crippen LogP contribution is -2.35. The van der Waals surface area contributed by atoms with Crippen molar-refractivity contribution < 1.29 is 26.4 Å². The van der Waals surface area contributed by atoms with Crippen LogP contribution in [-0.2, 0) is 24.7 Å². The largest absolute Gasteiger partial charge is 0.495 e. The second-order valence-electron chi connectivity index (χ2n) is 5.27. The number of carbonyl (C=O) groups is 1. The maximum absolute atomic E-state index is 12.5. The van der Waals surface area contributed by atoms with Gasteiger partial charge >= 0.3 is 0 Å². The maximum Gasteiger partial charge on any atom is 0.244 e. The van der Waals surface area contributed by atoms with Crippen LogP contribution in [0.2, 0.25) is 0 Å². The molecule has 2 rings (SSSR count).